The number of fused-ring (bicyclic) bond motifs is 1. The Hall–Kier alpha value is -3.90. The van der Waals surface area contributed by atoms with Crippen LogP contribution >= 0.6 is 0 Å². The third-order valence-electron chi connectivity index (χ3n) is 9.27. The molecule has 4 aromatic rings. The lowest BCUT2D eigenvalue weighted by Gasteiger charge is -2.35. The summed E-state index contributed by atoms with van der Waals surface area (Å²) in [6.07, 6.45) is 3.32. The van der Waals surface area contributed by atoms with Gasteiger partial charge in [0.15, 0.2) is 11.5 Å². The van der Waals surface area contributed by atoms with Gasteiger partial charge in [-0.25, -0.2) is 14.8 Å². The topological polar surface area (TPSA) is 118 Å². The molecule has 3 aliphatic rings. The van der Waals surface area contributed by atoms with Gasteiger partial charge in [-0.15, -0.1) is 0 Å². The van der Waals surface area contributed by atoms with Crippen molar-refractivity contribution in [2.24, 2.45) is 17.8 Å². The fourth-order valence-electron chi connectivity index (χ4n) is 6.76. The Morgan fingerprint density at radius 3 is 2.49 bits per heavy atom. The highest BCUT2D eigenvalue weighted by Crippen LogP contribution is 2.53. The zero-order valence-electron chi connectivity index (χ0n) is 24.2. The predicted octanol–water partition coefficient (Wildman–Crippen LogP) is 5.85. The highest BCUT2D eigenvalue weighted by Gasteiger charge is 2.52. The van der Waals surface area contributed by atoms with Gasteiger partial charge in [0.1, 0.15) is 5.52 Å². The SMILES string of the molecule is CC(C)CC1CCN(c2nc3nc(-c4noc(=O)[nH]4)nc(NC4(C5CCC5)CC4)c3n2Cc2ccc(C(F)(F)F)cc2)C1. The van der Waals surface area contributed by atoms with Gasteiger partial charge in [0.25, 0.3) is 0 Å². The van der Waals surface area contributed by atoms with Crippen molar-refractivity contribution in [1.82, 2.24) is 29.7 Å². The molecule has 0 spiro atoms. The minimum absolute atomic E-state index is 0.0618. The number of aromatic amines is 1. The van der Waals surface area contributed by atoms with Crippen molar-refractivity contribution in [3.8, 4) is 11.6 Å². The first-order valence-corrected chi connectivity index (χ1v) is 15.1. The van der Waals surface area contributed by atoms with Crippen LogP contribution in [0.15, 0.2) is 33.6 Å². The second kappa shape index (κ2) is 10.4. The monoisotopic (exact) mass is 596 g/mol. The van der Waals surface area contributed by atoms with E-state index < -0.39 is 17.5 Å². The van der Waals surface area contributed by atoms with E-state index >= 15 is 0 Å². The van der Waals surface area contributed by atoms with Crippen LogP contribution in [-0.2, 0) is 12.7 Å². The summed E-state index contributed by atoms with van der Waals surface area (Å²) in [6.45, 7) is 6.40. The lowest BCUT2D eigenvalue weighted by Crippen LogP contribution is -2.36. The molecule has 228 valence electrons. The normalized spacial score (nSPS) is 20.2. The molecule has 0 bridgehead atoms. The molecule has 1 atom stereocenters. The summed E-state index contributed by atoms with van der Waals surface area (Å²) in [5.41, 5.74) is 1.07. The third-order valence-corrected chi connectivity index (χ3v) is 9.27. The van der Waals surface area contributed by atoms with E-state index in [1.165, 1.54) is 18.6 Å². The molecule has 1 aliphatic heterocycles. The van der Waals surface area contributed by atoms with Crippen LogP contribution in [0.25, 0.3) is 22.8 Å². The molecule has 0 amide bonds. The molecule has 2 saturated carbocycles. The van der Waals surface area contributed by atoms with Crippen molar-refractivity contribution in [2.75, 3.05) is 23.3 Å². The van der Waals surface area contributed by atoms with E-state index in [-0.39, 0.29) is 17.2 Å². The fourth-order valence-corrected chi connectivity index (χ4v) is 6.76. The Kier molecular flexibility index (Phi) is 6.73. The van der Waals surface area contributed by atoms with E-state index in [0.717, 1.165) is 63.7 Å². The number of anilines is 2. The van der Waals surface area contributed by atoms with Gasteiger partial charge in [-0.3, -0.25) is 9.51 Å². The number of alkyl halides is 3. The number of hydrogen-bond acceptors (Lipinski definition) is 8. The molecule has 1 unspecified atom stereocenters. The molecule has 1 saturated heterocycles. The fraction of sp³-hybridized carbons (Fsp3) is 0.567. The predicted molar refractivity (Wildman–Crippen MR) is 155 cm³/mol. The zero-order valence-corrected chi connectivity index (χ0v) is 24.2. The van der Waals surface area contributed by atoms with Gasteiger partial charge in [-0.05, 0) is 74.0 Å². The van der Waals surface area contributed by atoms with Crippen LogP contribution in [0.1, 0.15) is 69.9 Å². The molecule has 43 heavy (non-hydrogen) atoms. The maximum Gasteiger partial charge on any atom is 0.439 e. The second-order valence-corrected chi connectivity index (χ2v) is 12.8. The Morgan fingerprint density at radius 2 is 1.88 bits per heavy atom. The molecule has 4 heterocycles. The van der Waals surface area contributed by atoms with Crippen LogP contribution < -0.4 is 16.0 Å². The molecular formula is C30H35F3N8O2. The van der Waals surface area contributed by atoms with Gasteiger partial charge in [0.2, 0.25) is 17.6 Å². The van der Waals surface area contributed by atoms with E-state index in [4.69, 9.17) is 19.5 Å². The average molecular weight is 597 g/mol. The Morgan fingerprint density at radius 1 is 1.12 bits per heavy atom. The number of aromatic nitrogens is 6. The minimum atomic E-state index is -4.41. The number of rotatable bonds is 9. The van der Waals surface area contributed by atoms with Crippen molar-refractivity contribution in [3.63, 3.8) is 0 Å². The Bertz CT molecular complexity index is 1680. The minimum Gasteiger partial charge on any atom is -0.362 e. The highest BCUT2D eigenvalue weighted by atomic mass is 19.4. The summed E-state index contributed by atoms with van der Waals surface area (Å²) in [7, 11) is 0. The number of nitrogens with one attached hydrogen (secondary N) is 2. The van der Waals surface area contributed by atoms with Crippen molar-refractivity contribution < 1.29 is 17.7 Å². The zero-order chi connectivity index (χ0) is 29.9. The molecule has 3 aromatic heterocycles. The standard InChI is InChI=1S/C30H35F3N8O2/c1-17(2)14-19-10-13-40(15-19)27-36-23-22(41(27)16-18-6-8-21(9-7-18)30(31,32)33)24(38-29(11-12-29)20-4-3-5-20)35-25(34-23)26-37-28(42)43-39-26/h6-9,17,19-20H,3-5,10-16H2,1-2H3,(H,34,35,38)(H,37,39,42). The van der Waals surface area contributed by atoms with Crippen LogP contribution in [0.2, 0.25) is 0 Å². The number of halogens is 3. The smallest absolute Gasteiger partial charge is 0.362 e. The van der Waals surface area contributed by atoms with Crippen LogP contribution in [0.4, 0.5) is 24.9 Å². The first-order chi connectivity index (χ1) is 20.6. The molecule has 2 N–H and O–H groups in total. The quantitative estimate of drug-likeness (QED) is 0.247. The van der Waals surface area contributed by atoms with Crippen molar-refractivity contribution in [1.29, 1.82) is 0 Å². The number of H-pyrrole nitrogens is 1. The van der Waals surface area contributed by atoms with Crippen LogP contribution in [0.5, 0.6) is 0 Å². The molecule has 1 aromatic carbocycles. The first-order valence-electron chi connectivity index (χ1n) is 15.1. The number of nitrogens with zero attached hydrogens (tertiary/aromatic N) is 6. The summed E-state index contributed by atoms with van der Waals surface area (Å²) >= 11 is 0. The molecule has 3 fully saturated rings. The van der Waals surface area contributed by atoms with Gasteiger partial charge in [-0.1, -0.05) is 37.6 Å². The Balaban J connectivity index is 1.35. The molecular weight excluding hydrogens is 561 g/mol. The molecule has 2 aliphatic carbocycles. The largest absolute Gasteiger partial charge is 0.439 e. The van der Waals surface area contributed by atoms with E-state index in [2.05, 4.69) is 34.2 Å². The maximum absolute atomic E-state index is 13.3. The summed E-state index contributed by atoms with van der Waals surface area (Å²) in [5, 5.41) is 7.57. The summed E-state index contributed by atoms with van der Waals surface area (Å²) in [4.78, 5) is 31.1. The van der Waals surface area contributed by atoms with Crippen molar-refractivity contribution in [3.05, 3.63) is 45.9 Å². The molecule has 7 rings (SSSR count). The van der Waals surface area contributed by atoms with Gasteiger partial charge >= 0.3 is 11.9 Å². The van der Waals surface area contributed by atoms with Gasteiger partial charge in [-0.2, -0.15) is 18.2 Å². The van der Waals surface area contributed by atoms with E-state index in [9.17, 15) is 18.0 Å². The summed E-state index contributed by atoms with van der Waals surface area (Å²) in [6, 6.07) is 5.27. The molecule has 13 heteroatoms. The lowest BCUT2D eigenvalue weighted by molar-refractivity contribution is -0.137. The second-order valence-electron chi connectivity index (χ2n) is 12.8. The highest BCUT2D eigenvalue weighted by molar-refractivity contribution is 5.88. The number of imidazole rings is 1. The number of benzene rings is 1. The van der Waals surface area contributed by atoms with Crippen molar-refractivity contribution >= 4 is 22.9 Å². The maximum atomic E-state index is 13.3. The first kappa shape index (κ1) is 27.9. The number of hydrogen-bond donors (Lipinski definition) is 2. The van der Waals surface area contributed by atoms with Crippen LogP contribution in [0.3, 0.4) is 0 Å². The van der Waals surface area contributed by atoms with Crippen LogP contribution in [0, 0.1) is 17.8 Å². The summed E-state index contributed by atoms with van der Waals surface area (Å²) < 4.78 is 46.7. The Labute approximate surface area is 246 Å². The van der Waals surface area contributed by atoms with Crippen LogP contribution in [-0.4, -0.2) is 48.3 Å². The molecule has 10 nitrogen and oxygen atoms in total. The van der Waals surface area contributed by atoms with E-state index in [1.54, 1.807) is 0 Å². The van der Waals surface area contributed by atoms with Gasteiger partial charge in [0, 0.05) is 18.6 Å². The summed E-state index contributed by atoms with van der Waals surface area (Å²) in [5.74, 6) is 2.53. The van der Waals surface area contributed by atoms with Crippen molar-refractivity contribution in [2.45, 2.75) is 77.1 Å². The van der Waals surface area contributed by atoms with E-state index in [1.807, 2.05) is 4.57 Å². The molecule has 0 radical (unpaired) electrons. The van der Waals surface area contributed by atoms with E-state index in [0.29, 0.717) is 52.8 Å². The third kappa shape index (κ3) is 5.38. The lowest BCUT2D eigenvalue weighted by atomic mass is 9.78. The van der Waals surface area contributed by atoms with Gasteiger partial charge < -0.3 is 14.8 Å². The average Bonchev–Trinajstić information content (AvgIpc) is 3.24. The van der Waals surface area contributed by atoms with Gasteiger partial charge in [0.05, 0.1) is 12.1 Å².